The first-order valence-electron chi connectivity index (χ1n) is 3.68. The maximum absolute atomic E-state index is 5.97. The molecular weight excluding hydrogens is 298 g/mol. The molecule has 4 heteroatoms. The Hall–Kier alpha value is -0.550. The maximum Gasteiger partial charge on any atom is 0.0900 e. The Morgan fingerprint density at radius 3 is 2.92 bits per heavy atom. The first kappa shape index (κ1) is 9.02. The van der Waals surface area contributed by atoms with E-state index in [0.29, 0.717) is 10.7 Å². The quantitative estimate of drug-likeness (QED) is 0.760. The van der Waals surface area contributed by atoms with E-state index in [1.54, 1.807) is 6.20 Å². The van der Waals surface area contributed by atoms with Gasteiger partial charge in [0.15, 0.2) is 0 Å². The second-order valence-corrected chi connectivity index (χ2v) is 4.26. The summed E-state index contributed by atoms with van der Waals surface area (Å²) in [5, 5.41) is 1.67. The van der Waals surface area contributed by atoms with E-state index in [-0.39, 0.29) is 0 Å². The van der Waals surface area contributed by atoms with Crippen LogP contribution in [0.2, 0.25) is 5.02 Å². The minimum absolute atomic E-state index is 0.660. The summed E-state index contributed by atoms with van der Waals surface area (Å²) in [4.78, 5) is 4.18. The van der Waals surface area contributed by atoms with Crippen LogP contribution < -0.4 is 5.73 Å². The third-order valence-electron chi connectivity index (χ3n) is 1.77. The number of rotatable bonds is 0. The van der Waals surface area contributed by atoms with Crippen LogP contribution in [0.5, 0.6) is 0 Å². The van der Waals surface area contributed by atoms with Gasteiger partial charge in [-0.15, -0.1) is 0 Å². The average Bonchev–Trinajstić information content (AvgIpc) is 2.12. The SMILES string of the molecule is Nc1cnc2c(Cl)ccc(I)c2c1. The molecule has 1 aromatic carbocycles. The Morgan fingerprint density at radius 2 is 2.15 bits per heavy atom. The zero-order valence-electron chi connectivity index (χ0n) is 6.59. The van der Waals surface area contributed by atoms with Crippen molar-refractivity contribution in [3.8, 4) is 0 Å². The van der Waals surface area contributed by atoms with Crippen LogP contribution in [0.15, 0.2) is 24.4 Å². The van der Waals surface area contributed by atoms with Gasteiger partial charge in [0.25, 0.3) is 0 Å². The number of nitrogens with zero attached hydrogens (tertiary/aromatic N) is 1. The molecular formula is C9H6ClIN2. The van der Waals surface area contributed by atoms with E-state index in [9.17, 15) is 0 Å². The predicted octanol–water partition coefficient (Wildman–Crippen LogP) is 3.08. The van der Waals surface area contributed by atoms with Crippen molar-refractivity contribution < 1.29 is 0 Å². The second-order valence-electron chi connectivity index (χ2n) is 2.69. The van der Waals surface area contributed by atoms with Crippen molar-refractivity contribution in [3.05, 3.63) is 33.0 Å². The van der Waals surface area contributed by atoms with E-state index in [1.807, 2.05) is 18.2 Å². The summed E-state index contributed by atoms with van der Waals surface area (Å²) in [5.41, 5.74) is 7.10. The largest absolute Gasteiger partial charge is 0.397 e. The van der Waals surface area contributed by atoms with Gasteiger partial charge in [-0.05, 0) is 40.8 Å². The molecule has 0 aliphatic heterocycles. The highest BCUT2D eigenvalue weighted by Gasteiger charge is 2.03. The maximum atomic E-state index is 5.97. The lowest BCUT2D eigenvalue weighted by atomic mass is 10.2. The molecule has 0 fully saturated rings. The minimum Gasteiger partial charge on any atom is -0.397 e. The molecule has 1 aromatic heterocycles. The summed E-state index contributed by atoms with van der Waals surface area (Å²) < 4.78 is 1.11. The smallest absolute Gasteiger partial charge is 0.0900 e. The molecule has 0 amide bonds. The van der Waals surface area contributed by atoms with E-state index in [4.69, 9.17) is 17.3 Å². The molecule has 13 heavy (non-hydrogen) atoms. The summed E-state index contributed by atoms with van der Waals surface area (Å²) >= 11 is 8.21. The number of pyridine rings is 1. The number of nitrogens with two attached hydrogens (primary N) is 1. The molecule has 0 radical (unpaired) electrons. The fraction of sp³-hybridized carbons (Fsp3) is 0. The Kier molecular flexibility index (Phi) is 2.29. The zero-order valence-corrected chi connectivity index (χ0v) is 9.50. The first-order valence-corrected chi connectivity index (χ1v) is 5.13. The van der Waals surface area contributed by atoms with E-state index in [1.165, 1.54) is 0 Å². The number of anilines is 1. The molecule has 2 rings (SSSR count). The van der Waals surface area contributed by atoms with Crippen molar-refractivity contribution in [1.82, 2.24) is 4.98 Å². The number of halogens is 2. The minimum atomic E-state index is 0.660. The molecule has 0 unspecified atom stereocenters. The van der Waals surface area contributed by atoms with Gasteiger partial charge in [0.05, 0.1) is 22.4 Å². The van der Waals surface area contributed by atoms with Gasteiger partial charge in [0.1, 0.15) is 0 Å². The number of nitrogen functional groups attached to an aromatic ring is 1. The third kappa shape index (κ3) is 1.58. The Bertz CT molecular complexity index is 470. The lowest BCUT2D eigenvalue weighted by Crippen LogP contribution is -1.89. The summed E-state index contributed by atoms with van der Waals surface area (Å²) in [6.07, 6.45) is 1.62. The summed E-state index contributed by atoms with van der Waals surface area (Å²) in [6.45, 7) is 0. The summed E-state index contributed by atoms with van der Waals surface area (Å²) in [5.74, 6) is 0. The molecule has 0 aliphatic carbocycles. The molecule has 0 aliphatic rings. The van der Waals surface area contributed by atoms with Gasteiger partial charge < -0.3 is 5.73 Å². The van der Waals surface area contributed by atoms with Gasteiger partial charge in [-0.3, -0.25) is 4.98 Å². The lowest BCUT2D eigenvalue weighted by molar-refractivity contribution is 1.41. The summed E-state index contributed by atoms with van der Waals surface area (Å²) in [7, 11) is 0. The van der Waals surface area contributed by atoms with Gasteiger partial charge in [-0.1, -0.05) is 11.6 Å². The van der Waals surface area contributed by atoms with Gasteiger partial charge in [0, 0.05) is 8.96 Å². The number of aromatic nitrogens is 1. The van der Waals surface area contributed by atoms with Gasteiger partial charge in [-0.25, -0.2) is 0 Å². The van der Waals surface area contributed by atoms with Crippen LogP contribution in [-0.2, 0) is 0 Å². The molecule has 0 spiro atoms. The molecule has 0 saturated heterocycles. The number of hydrogen-bond donors (Lipinski definition) is 1. The first-order chi connectivity index (χ1) is 6.18. The van der Waals surface area contributed by atoms with Crippen LogP contribution in [0.25, 0.3) is 10.9 Å². The highest BCUT2D eigenvalue weighted by molar-refractivity contribution is 14.1. The molecule has 0 atom stereocenters. The van der Waals surface area contributed by atoms with Crippen molar-refractivity contribution in [1.29, 1.82) is 0 Å². The van der Waals surface area contributed by atoms with Crippen molar-refractivity contribution in [2.75, 3.05) is 5.73 Å². The fourth-order valence-electron chi connectivity index (χ4n) is 1.17. The van der Waals surface area contributed by atoms with Gasteiger partial charge >= 0.3 is 0 Å². The van der Waals surface area contributed by atoms with E-state index in [2.05, 4.69) is 27.6 Å². The predicted molar refractivity (Wildman–Crippen MR) is 63.9 cm³/mol. The topological polar surface area (TPSA) is 38.9 Å². The van der Waals surface area contributed by atoms with Crippen LogP contribution in [0.4, 0.5) is 5.69 Å². The molecule has 0 saturated carbocycles. The molecule has 2 nitrogen and oxygen atoms in total. The Balaban J connectivity index is 2.92. The highest BCUT2D eigenvalue weighted by atomic mass is 127. The van der Waals surface area contributed by atoms with Crippen LogP contribution >= 0.6 is 34.2 Å². The summed E-state index contributed by atoms with van der Waals surface area (Å²) in [6, 6.07) is 5.68. The van der Waals surface area contributed by atoms with E-state index < -0.39 is 0 Å². The van der Waals surface area contributed by atoms with Crippen molar-refractivity contribution >= 4 is 50.8 Å². The number of fused-ring (bicyclic) bond motifs is 1. The van der Waals surface area contributed by atoms with Gasteiger partial charge in [-0.2, -0.15) is 0 Å². The van der Waals surface area contributed by atoms with Crippen LogP contribution in [0, 0.1) is 3.57 Å². The molecule has 0 bridgehead atoms. The molecule has 66 valence electrons. The third-order valence-corrected chi connectivity index (χ3v) is 3.01. The van der Waals surface area contributed by atoms with Gasteiger partial charge in [0.2, 0.25) is 0 Å². The van der Waals surface area contributed by atoms with Crippen molar-refractivity contribution in [3.63, 3.8) is 0 Å². The molecule has 2 N–H and O–H groups in total. The van der Waals surface area contributed by atoms with Crippen molar-refractivity contribution in [2.24, 2.45) is 0 Å². The van der Waals surface area contributed by atoms with Crippen LogP contribution in [-0.4, -0.2) is 4.98 Å². The Morgan fingerprint density at radius 1 is 1.38 bits per heavy atom. The normalized spacial score (nSPS) is 10.6. The van der Waals surface area contributed by atoms with Crippen molar-refractivity contribution in [2.45, 2.75) is 0 Å². The number of hydrogen-bond acceptors (Lipinski definition) is 2. The lowest BCUT2D eigenvalue weighted by Gasteiger charge is -2.02. The van der Waals surface area contributed by atoms with E-state index >= 15 is 0 Å². The standard InChI is InChI=1S/C9H6ClIN2/c10-7-1-2-8(11)6-3-5(12)4-13-9(6)7/h1-4H,12H2. The Labute approximate surface area is 94.2 Å². The van der Waals surface area contributed by atoms with Crippen LogP contribution in [0.3, 0.4) is 0 Å². The monoisotopic (exact) mass is 304 g/mol. The number of benzene rings is 1. The van der Waals surface area contributed by atoms with Crippen LogP contribution in [0.1, 0.15) is 0 Å². The molecule has 2 aromatic rings. The molecule has 1 heterocycles. The second kappa shape index (κ2) is 3.31. The highest BCUT2D eigenvalue weighted by Crippen LogP contribution is 2.26. The zero-order chi connectivity index (χ0) is 9.42. The fourth-order valence-corrected chi connectivity index (χ4v) is 1.97. The van der Waals surface area contributed by atoms with E-state index in [0.717, 1.165) is 14.5 Å². The average molecular weight is 305 g/mol.